The van der Waals surface area contributed by atoms with E-state index >= 15 is 0 Å². The van der Waals surface area contributed by atoms with E-state index in [1.54, 1.807) is 24.0 Å². The summed E-state index contributed by atoms with van der Waals surface area (Å²) in [6.07, 6.45) is 3.78. The van der Waals surface area contributed by atoms with Crippen LogP contribution < -0.4 is 14.8 Å². The fourth-order valence-corrected chi connectivity index (χ4v) is 2.85. The zero-order chi connectivity index (χ0) is 14.7. The van der Waals surface area contributed by atoms with E-state index in [0.717, 1.165) is 17.2 Å². The number of fused-ring (bicyclic) bond motifs is 1. The van der Waals surface area contributed by atoms with Crippen LogP contribution in [0.3, 0.4) is 0 Å². The SMILES string of the molecule is CSc1cc2c(cc1CNc1ccc(Cl)nc1)OCCO2. The molecule has 110 valence electrons. The Morgan fingerprint density at radius 1 is 1.24 bits per heavy atom. The molecule has 0 spiro atoms. The Labute approximate surface area is 132 Å². The number of hydrogen-bond donors (Lipinski definition) is 1. The van der Waals surface area contributed by atoms with E-state index < -0.39 is 0 Å². The fourth-order valence-electron chi connectivity index (χ4n) is 2.12. The Balaban J connectivity index is 1.79. The molecule has 0 aliphatic carbocycles. The number of nitrogens with one attached hydrogen (secondary N) is 1. The summed E-state index contributed by atoms with van der Waals surface area (Å²) >= 11 is 7.48. The van der Waals surface area contributed by atoms with Crippen molar-refractivity contribution < 1.29 is 9.47 Å². The summed E-state index contributed by atoms with van der Waals surface area (Å²) in [6.45, 7) is 1.89. The number of benzene rings is 1. The first-order valence-electron chi connectivity index (χ1n) is 6.58. The molecule has 4 nitrogen and oxygen atoms in total. The normalized spacial score (nSPS) is 13.0. The Bertz CT molecular complexity index is 634. The molecule has 0 saturated carbocycles. The average molecular weight is 323 g/mol. The van der Waals surface area contributed by atoms with Crippen molar-refractivity contribution in [3.8, 4) is 11.5 Å². The lowest BCUT2D eigenvalue weighted by Crippen LogP contribution is -2.16. The number of aromatic nitrogens is 1. The van der Waals surface area contributed by atoms with Gasteiger partial charge in [-0.2, -0.15) is 0 Å². The molecular formula is C15H15ClN2O2S. The molecule has 0 atom stereocenters. The molecule has 2 heterocycles. The Morgan fingerprint density at radius 3 is 2.67 bits per heavy atom. The first-order chi connectivity index (χ1) is 10.3. The van der Waals surface area contributed by atoms with E-state index in [2.05, 4.69) is 16.6 Å². The van der Waals surface area contributed by atoms with Gasteiger partial charge in [0, 0.05) is 11.4 Å². The van der Waals surface area contributed by atoms with Crippen molar-refractivity contribution >= 4 is 29.1 Å². The zero-order valence-electron chi connectivity index (χ0n) is 11.6. The summed E-state index contributed by atoms with van der Waals surface area (Å²) < 4.78 is 11.3. The van der Waals surface area contributed by atoms with Crippen molar-refractivity contribution in [1.82, 2.24) is 4.98 Å². The molecule has 2 aromatic rings. The van der Waals surface area contributed by atoms with E-state index in [9.17, 15) is 0 Å². The van der Waals surface area contributed by atoms with Crippen LogP contribution in [0.5, 0.6) is 11.5 Å². The van der Waals surface area contributed by atoms with Crippen LogP contribution >= 0.6 is 23.4 Å². The molecular weight excluding hydrogens is 308 g/mol. The molecule has 1 aromatic carbocycles. The molecule has 0 bridgehead atoms. The minimum atomic E-state index is 0.490. The van der Waals surface area contributed by atoms with E-state index in [4.69, 9.17) is 21.1 Å². The van der Waals surface area contributed by atoms with Crippen molar-refractivity contribution in [1.29, 1.82) is 0 Å². The molecule has 6 heteroatoms. The largest absolute Gasteiger partial charge is 0.486 e. The molecule has 0 fully saturated rings. The molecule has 0 radical (unpaired) electrons. The summed E-state index contributed by atoms with van der Waals surface area (Å²) in [4.78, 5) is 5.23. The maximum absolute atomic E-state index is 5.78. The molecule has 0 amide bonds. The van der Waals surface area contributed by atoms with Crippen molar-refractivity contribution in [3.63, 3.8) is 0 Å². The third kappa shape index (κ3) is 3.36. The van der Waals surface area contributed by atoms with Gasteiger partial charge < -0.3 is 14.8 Å². The van der Waals surface area contributed by atoms with Crippen LogP contribution in [0.15, 0.2) is 35.4 Å². The van der Waals surface area contributed by atoms with Crippen LogP contribution in [0.4, 0.5) is 5.69 Å². The molecule has 0 unspecified atom stereocenters. The highest BCUT2D eigenvalue weighted by atomic mass is 35.5. The van der Waals surface area contributed by atoms with Crippen molar-refractivity contribution in [2.75, 3.05) is 24.8 Å². The second-order valence-corrected chi connectivity index (χ2v) is 5.77. The van der Waals surface area contributed by atoms with Crippen LogP contribution in [0.2, 0.25) is 5.15 Å². The van der Waals surface area contributed by atoms with Gasteiger partial charge in [0.25, 0.3) is 0 Å². The molecule has 0 saturated heterocycles. The predicted molar refractivity (Wildman–Crippen MR) is 85.8 cm³/mol. The summed E-state index contributed by atoms with van der Waals surface area (Å²) in [7, 11) is 0. The minimum Gasteiger partial charge on any atom is -0.486 e. The maximum atomic E-state index is 5.78. The number of hydrogen-bond acceptors (Lipinski definition) is 5. The average Bonchev–Trinajstić information content (AvgIpc) is 2.53. The van der Waals surface area contributed by atoms with Gasteiger partial charge in [-0.3, -0.25) is 0 Å². The molecule has 1 N–H and O–H groups in total. The number of halogens is 1. The van der Waals surface area contributed by atoms with E-state index in [1.165, 1.54) is 10.5 Å². The smallest absolute Gasteiger partial charge is 0.162 e. The maximum Gasteiger partial charge on any atom is 0.162 e. The summed E-state index contributed by atoms with van der Waals surface area (Å²) in [6, 6.07) is 7.75. The Hall–Kier alpha value is -1.59. The number of pyridine rings is 1. The highest BCUT2D eigenvalue weighted by Crippen LogP contribution is 2.36. The number of nitrogens with zero attached hydrogens (tertiary/aromatic N) is 1. The van der Waals surface area contributed by atoms with Gasteiger partial charge in [-0.25, -0.2) is 4.98 Å². The molecule has 1 aromatic heterocycles. The van der Waals surface area contributed by atoms with Crippen molar-refractivity contribution in [3.05, 3.63) is 41.2 Å². The summed E-state index contributed by atoms with van der Waals surface area (Å²) in [5.41, 5.74) is 2.10. The number of rotatable bonds is 4. The van der Waals surface area contributed by atoms with Crippen LogP contribution in [-0.4, -0.2) is 24.5 Å². The number of ether oxygens (including phenoxy) is 2. The standard InChI is InChI=1S/C15H15ClN2O2S/c1-21-14-7-13-12(19-4-5-20-13)6-10(14)8-17-11-2-3-15(16)18-9-11/h2-3,6-7,9,17H,4-5,8H2,1H3. The van der Waals surface area contributed by atoms with Crippen LogP contribution in [0.1, 0.15) is 5.56 Å². The van der Waals surface area contributed by atoms with Crippen molar-refractivity contribution in [2.24, 2.45) is 0 Å². The topological polar surface area (TPSA) is 43.4 Å². The first-order valence-corrected chi connectivity index (χ1v) is 8.18. The molecule has 21 heavy (non-hydrogen) atoms. The molecule has 1 aliphatic heterocycles. The van der Waals surface area contributed by atoms with Crippen LogP contribution in [0.25, 0.3) is 0 Å². The lowest BCUT2D eigenvalue weighted by Gasteiger charge is -2.21. The third-order valence-corrected chi connectivity index (χ3v) is 4.20. The quantitative estimate of drug-likeness (QED) is 0.684. The third-order valence-electron chi connectivity index (χ3n) is 3.16. The molecule has 3 rings (SSSR count). The van der Waals surface area contributed by atoms with Gasteiger partial charge in [-0.05, 0) is 36.1 Å². The monoisotopic (exact) mass is 322 g/mol. The second kappa shape index (κ2) is 6.45. The molecule has 1 aliphatic rings. The first kappa shape index (κ1) is 14.4. The summed E-state index contributed by atoms with van der Waals surface area (Å²) in [5, 5.41) is 3.83. The highest BCUT2D eigenvalue weighted by molar-refractivity contribution is 7.98. The van der Waals surface area contributed by atoms with Gasteiger partial charge in [0.05, 0.1) is 11.9 Å². The minimum absolute atomic E-state index is 0.490. The van der Waals surface area contributed by atoms with E-state index in [1.807, 2.05) is 18.2 Å². The van der Waals surface area contributed by atoms with Gasteiger partial charge in [0.15, 0.2) is 11.5 Å². The predicted octanol–water partition coefficient (Wildman–Crippen LogP) is 3.84. The van der Waals surface area contributed by atoms with Gasteiger partial charge in [-0.15, -0.1) is 11.8 Å². The van der Waals surface area contributed by atoms with Gasteiger partial charge in [-0.1, -0.05) is 11.6 Å². The van der Waals surface area contributed by atoms with Crippen molar-refractivity contribution in [2.45, 2.75) is 11.4 Å². The van der Waals surface area contributed by atoms with Crippen LogP contribution in [0, 0.1) is 0 Å². The van der Waals surface area contributed by atoms with Gasteiger partial charge >= 0.3 is 0 Å². The van der Waals surface area contributed by atoms with E-state index in [0.29, 0.717) is 24.9 Å². The van der Waals surface area contributed by atoms with Gasteiger partial charge in [0.2, 0.25) is 0 Å². The number of thioether (sulfide) groups is 1. The Morgan fingerprint density at radius 2 is 2.00 bits per heavy atom. The van der Waals surface area contributed by atoms with Gasteiger partial charge in [0.1, 0.15) is 18.4 Å². The summed E-state index contributed by atoms with van der Waals surface area (Å²) in [5.74, 6) is 1.63. The number of anilines is 1. The second-order valence-electron chi connectivity index (χ2n) is 4.53. The van der Waals surface area contributed by atoms with E-state index in [-0.39, 0.29) is 0 Å². The fraction of sp³-hybridized carbons (Fsp3) is 0.267. The highest BCUT2D eigenvalue weighted by Gasteiger charge is 2.15. The Kier molecular flexibility index (Phi) is 4.41. The van der Waals surface area contributed by atoms with Crippen LogP contribution in [-0.2, 0) is 6.54 Å². The lowest BCUT2D eigenvalue weighted by atomic mass is 10.2. The zero-order valence-corrected chi connectivity index (χ0v) is 13.1. The lowest BCUT2D eigenvalue weighted by molar-refractivity contribution is 0.171.